The number of thiophene rings is 1. The molecule has 3 aromatic rings. The number of rotatable bonds is 8. The average Bonchev–Trinajstić information content (AvgIpc) is 3.16. The molecular formula is C22H24ClNS. The molecule has 3 rings (SSSR count). The van der Waals surface area contributed by atoms with Crippen LogP contribution in [0, 0.1) is 0 Å². The van der Waals surface area contributed by atoms with Crippen LogP contribution in [0.2, 0.25) is 0 Å². The number of hydrogen-bond donors (Lipinski definition) is 1. The summed E-state index contributed by atoms with van der Waals surface area (Å²) in [7, 11) is 0. The summed E-state index contributed by atoms with van der Waals surface area (Å²) in [4.78, 5) is 1.40. The Morgan fingerprint density at radius 1 is 0.840 bits per heavy atom. The largest absolute Gasteiger partial charge is 0.312 e. The molecule has 0 amide bonds. The van der Waals surface area contributed by atoms with Gasteiger partial charge in [0.05, 0.1) is 0 Å². The van der Waals surface area contributed by atoms with Gasteiger partial charge in [0.15, 0.2) is 0 Å². The average molecular weight is 370 g/mol. The highest BCUT2D eigenvalue weighted by molar-refractivity contribution is 7.09. The maximum absolute atomic E-state index is 3.52. The molecule has 1 heterocycles. The van der Waals surface area contributed by atoms with E-state index >= 15 is 0 Å². The number of nitrogens with one attached hydrogen (secondary N) is 1. The van der Waals surface area contributed by atoms with Crippen LogP contribution < -0.4 is 5.32 Å². The number of halogens is 1. The van der Waals surface area contributed by atoms with Gasteiger partial charge in [-0.15, -0.1) is 23.7 Å². The molecule has 0 bridgehead atoms. The molecule has 130 valence electrons. The van der Waals surface area contributed by atoms with E-state index in [9.17, 15) is 0 Å². The van der Waals surface area contributed by atoms with Crippen LogP contribution in [-0.4, -0.2) is 6.54 Å². The first-order chi connectivity index (χ1) is 11.9. The topological polar surface area (TPSA) is 12.0 Å². The molecule has 0 spiro atoms. The smallest absolute Gasteiger partial charge is 0.0299 e. The Labute approximate surface area is 160 Å². The van der Waals surface area contributed by atoms with Crippen molar-refractivity contribution in [3.8, 4) is 0 Å². The van der Waals surface area contributed by atoms with Gasteiger partial charge in [0.25, 0.3) is 0 Å². The van der Waals surface area contributed by atoms with Crippen molar-refractivity contribution in [3.63, 3.8) is 0 Å². The Hall–Kier alpha value is -1.87. The van der Waals surface area contributed by atoms with Gasteiger partial charge >= 0.3 is 0 Å². The maximum atomic E-state index is 3.52. The summed E-state index contributed by atoms with van der Waals surface area (Å²) in [6.07, 6.45) is 4.60. The predicted octanol–water partition coefficient (Wildman–Crippen LogP) is 6.17. The fourth-order valence-corrected chi connectivity index (χ4v) is 3.41. The number of hydrogen-bond acceptors (Lipinski definition) is 2. The highest BCUT2D eigenvalue weighted by Gasteiger charge is 2.03. The van der Waals surface area contributed by atoms with Gasteiger partial charge in [-0.05, 0) is 47.5 Å². The monoisotopic (exact) mass is 369 g/mol. The molecule has 0 unspecified atom stereocenters. The summed E-state index contributed by atoms with van der Waals surface area (Å²) in [6, 6.07) is 25.6. The normalized spacial score (nSPS) is 10.1. The first-order valence-electron chi connectivity index (χ1n) is 8.47. The Morgan fingerprint density at radius 2 is 1.48 bits per heavy atom. The standard InChI is InChI=1S/C22H23NS.ClH/c1-3-10-19(11-4-1)22(20-12-5-2-6-13-20)15-7-8-16-23-18-21-14-9-17-24-21;/h1-6,9-15,17,23H,7-8,16,18H2;1H. The van der Waals surface area contributed by atoms with E-state index in [4.69, 9.17) is 0 Å². The van der Waals surface area contributed by atoms with Gasteiger partial charge in [-0.25, -0.2) is 0 Å². The molecule has 2 aromatic carbocycles. The van der Waals surface area contributed by atoms with Gasteiger partial charge in [-0.3, -0.25) is 0 Å². The molecule has 0 aliphatic heterocycles. The van der Waals surface area contributed by atoms with Crippen molar-refractivity contribution in [3.05, 3.63) is 100 Å². The third kappa shape index (κ3) is 6.17. The van der Waals surface area contributed by atoms with E-state index in [1.165, 1.54) is 21.6 Å². The number of benzene rings is 2. The van der Waals surface area contributed by atoms with Crippen LogP contribution in [0.4, 0.5) is 0 Å². The molecule has 0 aliphatic carbocycles. The van der Waals surface area contributed by atoms with Crippen LogP contribution in [0.15, 0.2) is 84.3 Å². The lowest BCUT2D eigenvalue weighted by Crippen LogP contribution is -2.13. The lowest BCUT2D eigenvalue weighted by molar-refractivity contribution is 0.660. The second-order valence-corrected chi connectivity index (χ2v) is 6.78. The van der Waals surface area contributed by atoms with Crippen LogP contribution >= 0.6 is 23.7 Å². The van der Waals surface area contributed by atoms with Crippen molar-refractivity contribution < 1.29 is 0 Å². The molecule has 0 radical (unpaired) electrons. The molecule has 25 heavy (non-hydrogen) atoms. The van der Waals surface area contributed by atoms with Crippen LogP contribution in [0.1, 0.15) is 28.8 Å². The SMILES string of the molecule is C(CCCNCc1cccs1)=C(c1ccccc1)c1ccccc1.Cl. The molecule has 1 nitrogen and oxygen atoms in total. The molecule has 0 fully saturated rings. The zero-order chi connectivity index (χ0) is 16.5. The predicted molar refractivity (Wildman–Crippen MR) is 112 cm³/mol. The molecule has 0 atom stereocenters. The fourth-order valence-electron chi connectivity index (χ4n) is 2.74. The van der Waals surface area contributed by atoms with Gasteiger partial charge in [0.1, 0.15) is 0 Å². The van der Waals surface area contributed by atoms with E-state index in [1.807, 2.05) is 11.3 Å². The zero-order valence-electron chi connectivity index (χ0n) is 14.2. The van der Waals surface area contributed by atoms with E-state index in [2.05, 4.69) is 89.6 Å². The molecule has 1 N–H and O–H groups in total. The minimum atomic E-state index is 0. The molecule has 3 heteroatoms. The van der Waals surface area contributed by atoms with Crippen molar-refractivity contribution in [2.75, 3.05) is 6.54 Å². The Morgan fingerprint density at radius 3 is 2.04 bits per heavy atom. The van der Waals surface area contributed by atoms with Gasteiger partial charge in [-0.2, -0.15) is 0 Å². The second kappa shape index (κ2) is 10.9. The summed E-state index contributed by atoms with van der Waals surface area (Å²) in [5.74, 6) is 0. The van der Waals surface area contributed by atoms with Crippen LogP contribution in [0.5, 0.6) is 0 Å². The Bertz CT molecular complexity index is 695. The van der Waals surface area contributed by atoms with E-state index in [0.717, 1.165) is 25.9 Å². The van der Waals surface area contributed by atoms with Crippen LogP contribution in [0.3, 0.4) is 0 Å². The summed E-state index contributed by atoms with van der Waals surface area (Å²) in [6.45, 7) is 2.02. The van der Waals surface area contributed by atoms with Crippen molar-refractivity contribution in [1.29, 1.82) is 0 Å². The Balaban J connectivity index is 0.00000225. The fraction of sp³-hybridized carbons (Fsp3) is 0.182. The minimum absolute atomic E-state index is 0. The van der Waals surface area contributed by atoms with E-state index in [1.54, 1.807) is 0 Å². The second-order valence-electron chi connectivity index (χ2n) is 5.75. The molecule has 0 saturated carbocycles. The highest BCUT2D eigenvalue weighted by atomic mass is 35.5. The number of unbranched alkanes of at least 4 members (excludes halogenated alkanes) is 1. The lowest BCUT2D eigenvalue weighted by atomic mass is 9.96. The van der Waals surface area contributed by atoms with E-state index < -0.39 is 0 Å². The summed E-state index contributed by atoms with van der Waals surface area (Å²) < 4.78 is 0. The summed E-state index contributed by atoms with van der Waals surface area (Å²) in [5.41, 5.74) is 3.90. The van der Waals surface area contributed by atoms with Crippen LogP contribution in [0.25, 0.3) is 5.57 Å². The maximum Gasteiger partial charge on any atom is 0.0299 e. The Kier molecular flexibility index (Phi) is 8.47. The zero-order valence-corrected chi connectivity index (χ0v) is 15.9. The number of allylic oxidation sites excluding steroid dienone is 1. The lowest BCUT2D eigenvalue weighted by Gasteiger charge is -2.09. The first kappa shape index (κ1) is 19.5. The molecule has 0 saturated heterocycles. The quantitative estimate of drug-likeness (QED) is 0.468. The molecular weight excluding hydrogens is 346 g/mol. The first-order valence-corrected chi connectivity index (χ1v) is 9.35. The summed E-state index contributed by atoms with van der Waals surface area (Å²) in [5, 5.41) is 5.65. The third-order valence-corrected chi connectivity index (χ3v) is 4.83. The van der Waals surface area contributed by atoms with Gasteiger partial charge in [0.2, 0.25) is 0 Å². The van der Waals surface area contributed by atoms with Gasteiger partial charge < -0.3 is 5.32 Å². The van der Waals surface area contributed by atoms with Crippen molar-refractivity contribution in [1.82, 2.24) is 5.32 Å². The molecule has 1 aromatic heterocycles. The van der Waals surface area contributed by atoms with E-state index in [0.29, 0.717) is 0 Å². The van der Waals surface area contributed by atoms with Crippen molar-refractivity contribution in [2.24, 2.45) is 0 Å². The van der Waals surface area contributed by atoms with Crippen LogP contribution in [-0.2, 0) is 6.54 Å². The third-order valence-electron chi connectivity index (χ3n) is 3.96. The minimum Gasteiger partial charge on any atom is -0.312 e. The van der Waals surface area contributed by atoms with E-state index in [-0.39, 0.29) is 12.4 Å². The summed E-state index contributed by atoms with van der Waals surface area (Å²) >= 11 is 1.81. The van der Waals surface area contributed by atoms with Crippen molar-refractivity contribution in [2.45, 2.75) is 19.4 Å². The van der Waals surface area contributed by atoms with Gasteiger partial charge in [-0.1, -0.05) is 72.8 Å². The van der Waals surface area contributed by atoms with Gasteiger partial charge in [0, 0.05) is 11.4 Å². The van der Waals surface area contributed by atoms with Crippen molar-refractivity contribution >= 4 is 29.3 Å². The highest BCUT2D eigenvalue weighted by Crippen LogP contribution is 2.23. The molecule has 0 aliphatic rings.